The Morgan fingerprint density at radius 2 is 1.67 bits per heavy atom. The second-order valence-corrected chi connectivity index (χ2v) is 7.59. The standard InChI is InChI=1S/C16H17ClN2O4S/c1-2-11-18(12-13-3-7-15(8-4-13)19(20)21)24(22,23)16-9-5-14(17)6-10-16/h3-10H,2,11-12H2,1H3. The Morgan fingerprint density at radius 1 is 1.08 bits per heavy atom. The van der Waals surface area contributed by atoms with Crippen LogP contribution in [0.3, 0.4) is 0 Å². The van der Waals surface area contributed by atoms with Crippen LogP contribution in [0.25, 0.3) is 0 Å². The van der Waals surface area contributed by atoms with E-state index in [2.05, 4.69) is 0 Å². The lowest BCUT2D eigenvalue weighted by Crippen LogP contribution is -2.31. The Hall–Kier alpha value is -1.96. The zero-order valence-corrected chi connectivity index (χ0v) is 14.6. The minimum absolute atomic E-state index is 0.0265. The summed E-state index contributed by atoms with van der Waals surface area (Å²) in [6.07, 6.45) is 0.653. The molecule has 0 N–H and O–H groups in total. The van der Waals surface area contributed by atoms with Crippen LogP contribution in [-0.4, -0.2) is 24.2 Å². The lowest BCUT2D eigenvalue weighted by Gasteiger charge is -2.21. The lowest BCUT2D eigenvalue weighted by atomic mass is 10.2. The van der Waals surface area contributed by atoms with Gasteiger partial charge < -0.3 is 0 Å². The van der Waals surface area contributed by atoms with E-state index in [-0.39, 0.29) is 17.1 Å². The van der Waals surface area contributed by atoms with Gasteiger partial charge in [0, 0.05) is 30.2 Å². The van der Waals surface area contributed by atoms with Crippen molar-refractivity contribution in [3.05, 3.63) is 69.2 Å². The number of nitrogens with zero attached hydrogens (tertiary/aromatic N) is 2. The Morgan fingerprint density at radius 3 is 2.17 bits per heavy atom. The Labute approximate surface area is 145 Å². The van der Waals surface area contributed by atoms with Crippen molar-refractivity contribution >= 4 is 27.3 Å². The third-order valence-electron chi connectivity index (χ3n) is 3.43. The average molecular weight is 369 g/mol. The fraction of sp³-hybridized carbons (Fsp3) is 0.250. The molecule has 2 rings (SSSR count). The Kier molecular flexibility index (Phi) is 5.93. The van der Waals surface area contributed by atoms with Crippen molar-refractivity contribution in [3.63, 3.8) is 0 Å². The minimum atomic E-state index is -3.66. The van der Waals surface area contributed by atoms with E-state index in [0.29, 0.717) is 23.6 Å². The first-order valence-electron chi connectivity index (χ1n) is 7.33. The van der Waals surface area contributed by atoms with Crippen LogP contribution in [0.5, 0.6) is 0 Å². The Bertz CT molecular complexity index is 805. The summed E-state index contributed by atoms with van der Waals surface area (Å²) in [6, 6.07) is 11.9. The quantitative estimate of drug-likeness (QED) is 0.549. The van der Waals surface area contributed by atoms with Gasteiger partial charge in [0.25, 0.3) is 5.69 Å². The molecule has 0 saturated carbocycles. The normalized spacial score (nSPS) is 11.6. The van der Waals surface area contributed by atoms with Gasteiger partial charge in [0.1, 0.15) is 0 Å². The van der Waals surface area contributed by atoms with Crippen LogP contribution >= 0.6 is 11.6 Å². The highest BCUT2D eigenvalue weighted by molar-refractivity contribution is 7.89. The van der Waals surface area contributed by atoms with Crippen molar-refractivity contribution in [2.45, 2.75) is 24.8 Å². The number of non-ortho nitro benzene ring substituents is 1. The van der Waals surface area contributed by atoms with Crippen molar-refractivity contribution in [1.29, 1.82) is 0 Å². The van der Waals surface area contributed by atoms with Crippen LogP contribution in [0, 0.1) is 10.1 Å². The molecule has 2 aromatic rings. The summed E-state index contributed by atoms with van der Waals surface area (Å²) < 4.78 is 26.9. The van der Waals surface area contributed by atoms with Crippen molar-refractivity contribution in [2.24, 2.45) is 0 Å². The van der Waals surface area contributed by atoms with Gasteiger partial charge in [0.05, 0.1) is 9.82 Å². The number of sulfonamides is 1. The molecule has 0 atom stereocenters. The number of nitro benzene ring substituents is 1. The fourth-order valence-electron chi connectivity index (χ4n) is 2.22. The number of halogens is 1. The fourth-order valence-corrected chi connectivity index (χ4v) is 3.86. The first-order chi connectivity index (χ1) is 11.3. The highest BCUT2D eigenvalue weighted by atomic mass is 35.5. The van der Waals surface area contributed by atoms with E-state index in [1.165, 1.54) is 40.7 Å². The van der Waals surface area contributed by atoms with Crippen molar-refractivity contribution in [1.82, 2.24) is 4.31 Å². The minimum Gasteiger partial charge on any atom is -0.258 e. The van der Waals surface area contributed by atoms with Crippen LogP contribution in [0.15, 0.2) is 53.4 Å². The van der Waals surface area contributed by atoms with E-state index in [0.717, 1.165) is 0 Å². The van der Waals surface area contributed by atoms with Crippen LogP contribution in [-0.2, 0) is 16.6 Å². The van der Waals surface area contributed by atoms with E-state index in [1.807, 2.05) is 6.92 Å². The molecule has 8 heteroatoms. The number of nitro groups is 1. The predicted octanol–water partition coefficient (Wildman–Crippen LogP) is 3.85. The molecule has 0 heterocycles. The molecule has 0 bridgehead atoms. The molecule has 0 unspecified atom stereocenters. The monoisotopic (exact) mass is 368 g/mol. The molecule has 0 aliphatic heterocycles. The van der Waals surface area contributed by atoms with Crippen molar-refractivity contribution in [3.8, 4) is 0 Å². The zero-order valence-electron chi connectivity index (χ0n) is 13.1. The summed E-state index contributed by atoms with van der Waals surface area (Å²) in [5.41, 5.74) is 0.660. The van der Waals surface area contributed by atoms with Gasteiger partial charge >= 0.3 is 0 Å². The zero-order chi connectivity index (χ0) is 17.7. The SMILES string of the molecule is CCCN(Cc1ccc([N+](=O)[O-])cc1)S(=O)(=O)c1ccc(Cl)cc1. The van der Waals surface area contributed by atoms with Gasteiger partial charge in [-0.25, -0.2) is 8.42 Å². The molecule has 6 nitrogen and oxygen atoms in total. The molecule has 0 aromatic heterocycles. The molecule has 0 saturated heterocycles. The van der Waals surface area contributed by atoms with Crippen LogP contribution < -0.4 is 0 Å². The number of rotatable bonds is 7. The third-order valence-corrected chi connectivity index (χ3v) is 5.54. The Balaban J connectivity index is 2.28. The number of benzene rings is 2. The van der Waals surface area contributed by atoms with E-state index in [4.69, 9.17) is 11.6 Å². The topological polar surface area (TPSA) is 80.5 Å². The summed E-state index contributed by atoms with van der Waals surface area (Å²) in [5, 5.41) is 11.2. The van der Waals surface area contributed by atoms with Gasteiger partial charge in [-0.1, -0.05) is 30.7 Å². The van der Waals surface area contributed by atoms with Crippen LogP contribution in [0.1, 0.15) is 18.9 Å². The molecule has 0 spiro atoms. The van der Waals surface area contributed by atoms with Gasteiger partial charge in [0.15, 0.2) is 0 Å². The summed E-state index contributed by atoms with van der Waals surface area (Å²) in [4.78, 5) is 10.4. The molecule has 128 valence electrons. The van der Waals surface area contributed by atoms with Crippen molar-refractivity contribution < 1.29 is 13.3 Å². The molecule has 0 aliphatic carbocycles. The van der Waals surface area contributed by atoms with Crippen LogP contribution in [0.4, 0.5) is 5.69 Å². The van der Waals surface area contributed by atoms with Gasteiger partial charge in [-0.3, -0.25) is 10.1 Å². The summed E-state index contributed by atoms with van der Waals surface area (Å²) in [6.45, 7) is 2.39. The number of hydrogen-bond acceptors (Lipinski definition) is 4. The highest BCUT2D eigenvalue weighted by Crippen LogP contribution is 2.21. The highest BCUT2D eigenvalue weighted by Gasteiger charge is 2.24. The molecule has 0 radical (unpaired) electrons. The average Bonchev–Trinajstić information content (AvgIpc) is 2.55. The summed E-state index contributed by atoms with van der Waals surface area (Å²) in [5.74, 6) is 0. The van der Waals surface area contributed by atoms with E-state index in [1.54, 1.807) is 12.1 Å². The second kappa shape index (κ2) is 7.74. The smallest absolute Gasteiger partial charge is 0.258 e. The van der Waals surface area contributed by atoms with E-state index >= 15 is 0 Å². The largest absolute Gasteiger partial charge is 0.269 e. The molecular weight excluding hydrogens is 352 g/mol. The number of hydrogen-bond donors (Lipinski definition) is 0. The molecule has 24 heavy (non-hydrogen) atoms. The van der Waals surface area contributed by atoms with Gasteiger partial charge in [-0.15, -0.1) is 0 Å². The van der Waals surface area contributed by atoms with Gasteiger partial charge in [-0.05, 0) is 36.2 Å². The maximum Gasteiger partial charge on any atom is 0.269 e. The maximum absolute atomic E-state index is 12.8. The first-order valence-corrected chi connectivity index (χ1v) is 9.15. The molecule has 0 fully saturated rings. The summed E-state index contributed by atoms with van der Waals surface area (Å²) >= 11 is 5.81. The van der Waals surface area contributed by atoms with Crippen LogP contribution in [0.2, 0.25) is 5.02 Å². The summed E-state index contributed by atoms with van der Waals surface area (Å²) in [7, 11) is -3.66. The lowest BCUT2D eigenvalue weighted by molar-refractivity contribution is -0.384. The predicted molar refractivity (Wildman–Crippen MR) is 92.4 cm³/mol. The van der Waals surface area contributed by atoms with Crippen molar-refractivity contribution in [2.75, 3.05) is 6.54 Å². The van der Waals surface area contributed by atoms with Gasteiger partial charge in [0.2, 0.25) is 10.0 Å². The molecule has 0 aliphatic rings. The van der Waals surface area contributed by atoms with E-state index in [9.17, 15) is 18.5 Å². The molecule has 0 amide bonds. The van der Waals surface area contributed by atoms with Gasteiger partial charge in [-0.2, -0.15) is 4.31 Å². The second-order valence-electron chi connectivity index (χ2n) is 5.22. The maximum atomic E-state index is 12.8. The van der Waals surface area contributed by atoms with E-state index < -0.39 is 14.9 Å². The molecule has 2 aromatic carbocycles. The molecular formula is C16H17ClN2O4S. The third kappa shape index (κ3) is 4.31. The first kappa shape index (κ1) is 18.4.